The number of carbonyl (C=O) groups is 2. The van der Waals surface area contributed by atoms with Crippen molar-refractivity contribution in [2.24, 2.45) is 0 Å². The molecular weight excluding hydrogens is 488 g/mol. The lowest BCUT2D eigenvalue weighted by molar-refractivity contribution is -0.133. The van der Waals surface area contributed by atoms with Crippen LogP contribution in [0.15, 0.2) is 91.0 Å². The van der Waals surface area contributed by atoms with Crippen molar-refractivity contribution in [1.82, 2.24) is 20.0 Å². The molecule has 0 spiro atoms. The van der Waals surface area contributed by atoms with Crippen LogP contribution >= 0.6 is 0 Å². The quantitative estimate of drug-likeness (QED) is 0.281. The summed E-state index contributed by atoms with van der Waals surface area (Å²) in [6.07, 6.45) is 2.07. The number of hydrogen-bond donors (Lipinski definition) is 1. The summed E-state index contributed by atoms with van der Waals surface area (Å²) in [6.45, 7) is 5.54. The molecule has 0 radical (unpaired) electrons. The average molecular weight is 523 g/mol. The van der Waals surface area contributed by atoms with Crippen molar-refractivity contribution in [1.29, 1.82) is 0 Å². The van der Waals surface area contributed by atoms with Gasteiger partial charge in [-0.25, -0.2) is 0 Å². The summed E-state index contributed by atoms with van der Waals surface area (Å²) in [5.41, 5.74) is 2.88. The van der Waals surface area contributed by atoms with Crippen molar-refractivity contribution in [2.75, 3.05) is 6.61 Å². The Balaban J connectivity index is 1.43. The van der Waals surface area contributed by atoms with E-state index in [-0.39, 0.29) is 24.9 Å². The molecule has 7 heteroatoms. The van der Waals surface area contributed by atoms with Crippen molar-refractivity contribution >= 4 is 11.8 Å². The maximum atomic E-state index is 14.0. The monoisotopic (exact) mass is 522 g/mol. The minimum Gasteiger partial charge on any atom is -0.494 e. The second-order valence-corrected chi connectivity index (χ2v) is 10.1. The minimum atomic E-state index is -1.14. The molecular formula is C32H34N4O3. The van der Waals surface area contributed by atoms with Gasteiger partial charge >= 0.3 is 0 Å². The van der Waals surface area contributed by atoms with Crippen LogP contribution in [0.4, 0.5) is 0 Å². The number of aromatic nitrogens is 2. The summed E-state index contributed by atoms with van der Waals surface area (Å²) in [5, 5.41) is 7.79. The van der Waals surface area contributed by atoms with Gasteiger partial charge in [0.1, 0.15) is 17.0 Å². The number of carbonyl (C=O) groups excluding carboxylic acids is 2. The molecule has 7 nitrogen and oxygen atoms in total. The first-order valence-electron chi connectivity index (χ1n) is 13.5. The Hall–Kier alpha value is -4.39. The summed E-state index contributed by atoms with van der Waals surface area (Å²) in [5.74, 6) is 0.351. The van der Waals surface area contributed by atoms with Crippen LogP contribution in [0.1, 0.15) is 48.3 Å². The first kappa shape index (κ1) is 26.2. The summed E-state index contributed by atoms with van der Waals surface area (Å²) < 4.78 is 7.48. The number of unbranched alkanes of at least 4 members (excludes halogenated alkanes) is 1. The fourth-order valence-corrected chi connectivity index (χ4v) is 4.82. The molecule has 0 bridgehead atoms. The van der Waals surface area contributed by atoms with Gasteiger partial charge in [-0.3, -0.25) is 14.3 Å². The van der Waals surface area contributed by atoms with Gasteiger partial charge in [0.2, 0.25) is 5.91 Å². The van der Waals surface area contributed by atoms with Gasteiger partial charge in [0, 0.05) is 18.7 Å². The smallest absolute Gasteiger partial charge is 0.273 e. The second-order valence-electron chi connectivity index (χ2n) is 10.1. The molecule has 1 N–H and O–H groups in total. The molecule has 3 aromatic carbocycles. The second kappa shape index (κ2) is 11.6. The number of nitrogens with one attached hydrogen (secondary N) is 1. The Morgan fingerprint density at radius 3 is 2.36 bits per heavy atom. The average Bonchev–Trinajstić information content (AvgIpc) is 3.40. The third-order valence-corrected chi connectivity index (χ3v) is 7.18. The summed E-state index contributed by atoms with van der Waals surface area (Å²) >= 11 is 0. The molecule has 200 valence electrons. The standard InChI is InChI=1S/C32H34N4O3/c1-3-4-19-39-27-17-15-25(16-18-27)22-35-30(37)29-20-28(26-13-9-6-10-14-26)34-36(29)23-32(35,2)31(38)33-21-24-11-7-5-8-12-24/h5-18,20H,3-4,19,21-23H2,1-2H3,(H,33,38). The molecule has 0 saturated carbocycles. The van der Waals surface area contributed by atoms with Gasteiger partial charge in [0.05, 0.1) is 18.8 Å². The molecule has 1 aliphatic rings. The number of hydrogen-bond acceptors (Lipinski definition) is 4. The highest BCUT2D eigenvalue weighted by atomic mass is 16.5. The van der Waals surface area contributed by atoms with Gasteiger partial charge in [0.25, 0.3) is 5.91 Å². The molecule has 1 unspecified atom stereocenters. The van der Waals surface area contributed by atoms with Crippen molar-refractivity contribution in [3.05, 3.63) is 108 Å². The SMILES string of the molecule is CCCCOc1ccc(CN2C(=O)c3cc(-c4ccccc4)nn3CC2(C)C(=O)NCc2ccccc2)cc1. The van der Waals surface area contributed by atoms with Crippen LogP contribution in [-0.4, -0.2) is 38.6 Å². The first-order chi connectivity index (χ1) is 19.0. The number of ether oxygens (including phenoxy) is 1. The highest BCUT2D eigenvalue weighted by molar-refractivity contribution is 6.00. The normalized spacial score (nSPS) is 16.6. The Bertz CT molecular complexity index is 1420. The van der Waals surface area contributed by atoms with Crippen molar-refractivity contribution in [3.63, 3.8) is 0 Å². The zero-order valence-corrected chi connectivity index (χ0v) is 22.5. The summed E-state index contributed by atoms with van der Waals surface area (Å²) in [7, 11) is 0. The van der Waals surface area contributed by atoms with Crippen LogP contribution in [0, 0.1) is 0 Å². The molecule has 2 heterocycles. The lowest BCUT2D eigenvalue weighted by Gasteiger charge is -2.43. The summed E-state index contributed by atoms with van der Waals surface area (Å²) in [4.78, 5) is 29.4. The Morgan fingerprint density at radius 2 is 1.67 bits per heavy atom. The van der Waals surface area contributed by atoms with Gasteiger partial charge in [-0.05, 0) is 42.7 Å². The Labute approximate surface area is 229 Å². The van der Waals surface area contributed by atoms with E-state index >= 15 is 0 Å². The van der Waals surface area contributed by atoms with E-state index in [1.165, 1.54) is 0 Å². The molecule has 1 aromatic heterocycles. The van der Waals surface area contributed by atoms with E-state index in [9.17, 15) is 9.59 Å². The topological polar surface area (TPSA) is 76.5 Å². The lowest BCUT2D eigenvalue weighted by Crippen LogP contribution is -2.63. The summed E-state index contributed by atoms with van der Waals surface area (Å²) in [6, 6.07) is 29.1. The molecule has 1 aliphatic heterocycles. The highest BCUT2D eigenvalue weighted by Gasteiger charge is 2.48. The van der Waals surface area contributed by atoms with E-state index in [4.69, 9.17) is 9.84 Å². The van der Waals surface area contributed by atoms with E-state index in [1.54, 1.807) is 9.58 Å². The van der Waals surface area contributed by atoms with Gasteiger partial charge in [0.15, 0.2) is 0 Å². The largest absolute Gasteiger partial charge is 0.494 e. The number of nitrogens with zero attached hydrogens (tertiary/aromatic N) is 3. The molecule has 2 amide bonds. The van der Waals surface area contributed by atoms with E-state index in [1.807, 2.05) is 97.9 Å². The van der Waals surface area contributed by atoms with E-state index in [0.29, 0.717) is 24.5 Å². The molecule has 0 saturated heterocycles. The Kier molecular flexibility index (Phi) is 7.77. The van der Waals surface area contributed by atoms with E-state index < -0.39 is 5.54 Å². The predicted octanol–water partition coefficient (Wildman–Crippen LogP) is 5.46. The fraction of sp³-hybridized carbons (Fsp3) is 0.281. The maximum absolute atomic E-state index is 14.0. The third kappa shape index (κ3) is 5.72. The molecule has 0 aliphatic carbocycles. The molecule has 4 aromatic rings. The van der Waals surface area contributed by atoms with E-state index in [2.05, 4.69) is 12.2 Å². The van der Waals surface area contributed by atoms with Crippen LogP contribution in [0.5, 0.6) is 5.75 Å². The highest BCUT2D eigenvalue weighted by Crippen LogP contribution is 2.32. The van der Waals surface area contributed by atoms with E-state index in [0.717, 1.165) is 35.3 Å². The van der Waals surface area contributed by atoms with Crippen LogP contribution < -0.4 is 10.1 Å². The zero-order valence-electron chi connectivity index (χ0n) is 22.5. The number of benzene rings is 3. The van der Waals surface area contributed by atoms with Gasteiger partial charge in [-0.15, -0.1) is 0 Å². The number of rotatable bonds is 10. The minimum absolute atomic E-state index is 0.221. The number of amides is 2. The van der Waals surface area contributed by atoms with Crippen molar-refractivity contribution < 1.29 is 14.3 Å². The predicted molar refractivity (Wildman–Crippen MR) is 151 cm³/mol. The van der Waals surface area contributed by atoms with Crippen LogP contribution in [0.25, 0.3) is 11.3 Å². The van der Waals surface area contributed by atoms with Gasteiger partial charge in [-0.2, -0.15) is 5.10 Å². The molecule has 0 fully saturated rings. The van der Waals surface area contributed by atoms with Crippen LogP contribution in [0.3, 0.4) is 0 Å². The van der Waals surface area contributed by atoms with Crippen LogP contribution in [0.2, 0.25) is 0 Å². The fourth-order valence-electron chi connectivity index (χ4n) is 4.82. The van der Waals surface area contributed by atoms with Gasteiger partial charge < -0.3 is 15.0 Å². The molecule has 39 heavy (non-hydrogen) atoms. The van der Waals surface area contributed by atoms with Crippen LogP contribution in [-0.2, 0) is 24.4 Å². The lowest BCUT2D eigenvalue weighted by atomic mass is 9.94. The van der Waals surface area contributed by atoms with Gasteiger partial charge in [-0.1, -0.05) is 86.1 Å². The van der Waals surface area contributed by atoms with Crippen molar-refractivity contribution in [2.45, 2.75) is 51.9 Å². The third-order valence-electron chi connectivity index (χ3n) is 7.18. The first-order valence-corrected chi connectivity index (χ1v) is 13.5. The molecule has 5 rings (SSSR count). The number of fused-ring (bicyclic) bond motifs is 1. The maximum Gasteiger partial charge on any atom is 0.273 e. The molecule has 1 atom stereocenters. The zero-order chi connectivity index (χ0) is 27.2. The van der Waals surface area contributed by atoms with Crippen molar-refractivity contribution in [3.8, 4) is 17.0 Å². The Morgan fingerprint density at radius 1 is 0.974 bits per heavy atom.